The number of thioether (sulfide) groups is 1. The van der Waals surface area contributed by atoms with Crippen LogP contribution in [0.4, 0.5) is 5.69 Å². The Labute approximate surface area is 209 Å². The summed E-state index contributed by atoms with van der Waals surface area (Å²) in [4.78, 5) is 31.1. The number of hydrogen-bond acceptors (Lipinski definition) is 7. The van der Waals surface area contributed by atoms with Gasteiger partial charge >= 0.3 is 0 Å². The predicted molar refractivity (Wildman–Crippen MR) is 142 cm³/mol. The highest BCUT2D eigenvalue weighted by Crippen LogP contribution is 2.36. The summed E-state index contributed by atoms with van der Waals surface area (Å²) in [6.45, 7) is 9.09. The molecule has 0 spiro atoms. The lowest BCUT2D eigenvalue weighted by molar-refractivity contribution is -0.122. The maximum atomic E-state index is 13.6. The lowest BCUT2D eigenvalue weighted by atomic mass is 10.0. The van der Waals surface area contributed by atoms with Crippen LogP contribution in [0, 0.1) is 0 Å². The molecule has 0 radical (unpaired) electrons. The van der Waals surface area contributed by atoms with Crippen molar-refractivity contribution in [3.63, 3.8) is 0 Å². The van der Waals surface area contributed by atoms with Gasteiger partial charge in [-0.05, 0) is 39.3 Å². The first kappa shape index (κ1) is 24.9. The Bertz CT molecular complexity index is 1180. The molecule has 0 aliphatic carbocycles. The van der Waals surface area contributed by atoms with Crippen LogP contribution in [0.5, 0.6) is 0 Å². The van der Waals surface area contributed by atoms with Crippen LogP contribution in [0.1, 0.15) is 32.8 Å². The first-order valence-corrected chi connectivity index (χ1v) is 12.9. The number of morpholine rings is 1. The Balaban J connectivity index is 1.79. The molecule has 2 aliphatic heterocycles. The molecule has 3 heterocycles. The van der Waals surface area contributed by atoms with Crippen LogP contribution in [0.25, 0.3) is 17.0 Å². The number of para-hydroxylation sites is 1. The number of thiocarbonyl (C=S) groups is 1. The molecule has 0 bridgehead atoms. The maximum Gasteiger partial charge on any atom is 0.266 e. The minimum Gasteiger partial charge on any atom is -0.382 e. The molecule has 2 atom stereocenters. The number of pyridine rings is 1. The Hall–Kier alpha value is -2.20. The second kappa shape index (κ2) is 10.6. The van der Waals surface area contributed by atoms with Gasteiger partial charge < -0.3 is 18.9 Å². The third kappa shape index (κ3) is 4.93. The fraction of sp³-hybridized carbons (Fsp3) is 0.480. The van der Waals surface area contributed by atoms with Gasteiger partial charge in [-0.25, -0.2) is 0 Å². The Morgan fingerprint density at radius 2 is 1.91 bits per heavy atom. The Kier molecular flexibility index (Phi) is 7.77. The maximum absolute atomic E-state index is 13.6. The van der Waals surface area contributed by atoms with Gasteiger partial charge in [-0.15, -0.1) is 0 Å². The molecule has 9 heteroatoms. The molecule has 2 fully saturated rings. The largest absolute Gasteiger partial charge is 0.382 e. The minimum atomic E-state index is -0.156. The molecule has 0 N–H and O–H groups in total. The van der Waals surface area contributed by atoms with Gasteiger partial charge in [0.05, 0.1) is 33.9 Å². The van der Waals surface area contributed by atoms with Crippen LogP contribution in [-0.4, -0.2) is 64.8 Å². The smallest absolute Gasteiger partial charge is 0.266 e. The van der Waals surface area contributed by atoms with Gasteiger partial charge in [0, 0.05) is 45.3 Å². The SMILES string of the molecule is CCOCCCN1C(=O)C(=Cc2c(N3CC(C)OC(C)C3)c3ccccc3n(C)c2=O)SC1=S. The first-order chi connectivity index (χ1) is 16.3. The third-order valence-electron chi connectivity index (χ3n) is 6.07. The zero-order chi connectivity index (χ0) is 24.4. The number of carbonyl (C=O) groups excluding carboxylic acids is 1. The van der Waals surface area contributed by atoms with E-state index in [2.05, 4.69) is 4.90 Å². The number of anilines is 1. The molecular weight excluding hydrogens is 470 g/mol. The average Bonchev–Trinajstić information content (AvgIpc) is 3.06. The van der Waals surface area contributed by atoms with Crippen molar-refractivity contribution in [1.29, 1.82) is 0 Å². The fourth-order valence-corrected chi connectivity index (χ4v) is 5.92. The van der Waals surface area contributed by atoms with Crippen molar-refractivity contribution >= 4 is 56.9 Å². The molecule has 1 aromatic heterocycles. The minimum absolute atomic E-state index is 0.0305. The molecule has 2 saturated heterocycles. The van der Waals surface area contributed by atoms with E-state index in [0.717, 1.165) is 16.6 Å². The molecular formula is C25H31N3O4S2. The van der Waals surface area contributed by atoms with E-state index in [1.54, 1.807) is 22.6 Å². The molecule has 4 rings (SSSR count). The van der Waals surface area contributed by atoms with E-state index in [1.807, 2.05) is 45.0 Å². The second-order valence-electron chi connectivity index (χ2n) is 8.69. The highest BCUT2D eigenvalue weighted by Gasteiger charge is 2.33. The molecule has 2 aliphatic rings. The summed E-state index contributed by atoms with van der Waals surface area (Å²) >= 11 is 6.74. The number of benzene rings is 1. The standard InChI is InChI=1S/C25H31N3O4S2/c1-5-31-12-8-11-28-24(30)21(34-25(28)33)13-19-22(27-14-16(2)32-17(3)15-27)18-9-6-7-10-20(18)26(4)23(19)29/h6-7,9-10,13,16-17H,5,8,11-12,14-15H2,1-4H3. The first-order valence-electron chi connectivity index (χ1n) is 11.7. The normalized spacial score (nSPS) is 22.4. The lowest BCUT2D eigenvalue weighted by Crippen LogP contribution is -2.46. The number of aromatic nitrogens is 1. The van der Waals surface area contributed by atoms with E-state index in [1.165, 1.54) is 11.8 Å². The fourth-order valence-electron chi connectivity index (χ4n) is 4.63. The van der Waals surface area contributed by atoms with Crippen molar-refractivity contribution in [2.75, 3.05) is 37.7 Å². The molecule has 2 aromatic rings. The van der Waals surface area contributed by atoms with Gasteiger partial charge in [0.15, 0.2) is 0 Å². The van der Waals surface area contributed by atoms with Crippen LogP contribution in [0.2, 0.25) is 0 Å². The third-order valence-corrected chi connectivity index (χ3v) is 7.45. The van der Waals surface area contributed by atoms with E-state index in [9.17, 15) is 9.59 Å². The van der Waals surface area contributed by atoms with Gasteiger partial charge in [0.1, 0.15) is 4.32 Å². The topological polar surface area (TPSA) is 64.0 Å². The number of hydrogen-bond donors (Lipinski definition) is 0. The summed E-state index contributed by atoms with van der Waals surface area (Å²) < 4.78 is 13.5. The predicted octanol–water partition coefficient (Wildman–Crippen LogP) is 3.78. The van der Waals surface area contributed by atoms with Gasteiger partial charge in [0.2, 0.25) is 0 Å². The summed E-state index contributed by atoms with van der Waals surface area (Å²) in [6.07, 6.45) is 2.50. The summed E-state index contributed by atoms with van der Waals surface area (Å²) in [5.41, 5.74) is 2.08. The summed E-state index contributed by atoms with van der Waals surface area (Å²) in [6, 6.07) is 7.90. The van der Waals surface area contributed by atoms with Crippen molar-refractivity contribution in [3.8, 4) is 0 Å². The number of aryl methyl sites for hydroxylation is 1. The average molecular weight is 502 g/mol. The summed E-state index contributed by atoms with van der Waals surface area (Å²) in [7, 11) is 1.77. The quantitative estimate of drug-likeness (QED) is 0.325. The summed E-state index contributed by atoms with van der Waals surface area (Å²) in [5.74, 6) is -0.156. The molecule has 34 heavy (non-hydrogen) atoms. The van der Waals surface area contributed by atoms with Crippen LogP contribution in [-0.2, 0) is 21.3 Å². The van der Waals surface area contributed by atoms with Gasteiger partial charge in [0.25, 0.3) is 11.5 Å². The van der Waals surface area contributed by atoms with Gasteiger partial charge in [-0.3, -0.25) is 14.5 Å². The highest BCUT2D eigenvalue weighted by atomic mass is 32.2. The second-order valence-corrected chi connectivity index (χ2v) is 10.4. The Morgan fingerprint density at radius 1 is 1.21 bits per heavy atom. The van der Waals surface area contributed by atoms with Crippen molar-refractivity contribution < 1.29 is 14.3 Å². The van der Waals surface area contributed by atoms with Gasteiger partial charge in [-0.1, -0.05) is 42.2 Å². The Morgan fingerprint density at radius 3 is 2.62 bits per heavy atom. The molecule has 1 amide bonds. The number of ether oxygens (including phenoxy) is 2. The van der Waals surface area contributed by atoms with Crippen LogP contribution >= 0.6 is 24.0 Å². The van der Waals surface area contributed by atoms with Gasteiger partial charge in [-0.2, -0.15) is 0 Å². The van der Waals surface area contributed by atoms with E-state index < -0.39 is 0 Å². The van der Waals surface area contributed by atoms with E-state index >= 15 is 0 Å². The molecule has 0 saturated carbocycles. The number of rotatable bonds is 7. The number of nitrogens with zero attached hydrogens (tertiary/aromatic N) is 3. The summed E-state index contributed by atoms with van der Waals surface area (Å²) in [5, 5.41) is 0.976. The van der Waals surface area contributed by atoms with E-state index in [0.29, 0.717) is 54.1 Å². The molecule has 1 aromatic carbocycles. The van der Waals surface area contributed by atoms with E-state index in [4.69, 9.17) is 21.7 Å². The lowest BCUT2D eigenvalue weighted by Gasteiger charge is -2.38. The van der Waals surface area contributed by atoms with Crippen molar-refractivity contribution in [1.82, 2.24) is 9.47 Å². The zero-order valence-electron chi connectivity index (χ0n) is 20.1. The highest BCUT2D eigenvalue weighted by molar-refractivity contribution is 8.26. The monoisotopic (exact) mass is 501 g/mol. The van der Waals surface area contributed by atoms with E-state index in [-0.39, 0.29) is 23.7 Å². The van der Waals surface area contributed by atoms with Crippen LogP contribution < -0.4 is 10.5 Å². The molecule has 7 nitrogen and oxygen atoms in total. The number of amides is 1. The molecule has 182 valence electrons. The van der Waals surface area contributed by atoms with Crippen molar-refractivity contribution in [2.45, 2.75) is 39.4 Å². The zero-order valence-corrected chi connectivity index (χ0v) is 21.7. The van der Waals surface area contributed by atoms with Crippen molar-refractivity contribution in [2.24, 2.45) is 7.05 Å². The molecule has 2 unspecified atom stereocenters. The van der Waals surface area contributed by atoms with Crippen LogP contribution in [0.3, 0.4) is 0 Å². The number of fused-ring (bicyclic) bond motifs is 1. The number of carbonyl (C=O) groups is 1. The van der Waals surface area contributed by atoms with Crippen molar-refractivity contribution in [3.05, 3.63) is 45.1 Å². The van der Waals surface area contributed by atoms with Crippen LogP contribution in [0.15, 0.2) is 34.0 Å².